The Morgan fingerprint density at radius 1 is 1.47 bits per heavy atom. The summed E-state index contributed by atoms with van der Waals surface area (Å²) < 4.78 is 0. The predicted molar refractivity (Wildman–Crippen MR) is 67.3 cm³/mol. The zero-order chi connectivity index (χ0) is 13.9. The van der Waals surface area contributed by atoms with E-state index in [0.29, 0.717) is 19.4 Å². The van der Waals surface area contributed by atoms with Gasteiger partial charge in [0.2, 0.25) is 5.91 Å². The lowest BCUT2D eigenvalue weighted by molar-refractivity contribution is -0.155. The van der Waals surface area contributed by atoms with Crippen LogP contribution in [0.2, 0.25) is 0 Å². The lowest BCUT2D eigenvalue weighted by atomic mass is 9.99. The number of hydrogen-bond donors (Lipinski definition) is 1. The van der Waals surface area contributed by atoms with E-state index in [0.717, 1.165) is 12.1 Å². The molecule has 0 radical (unpaired) electrons. The molecule has 2 heterocycles. The van der Waals surface area contributed by atoms with Crippen molar-refractivity contribution < 1.29 is 14.7 Å². The molecule has 1 fully saturated rings. The van der Waals surface area contributed by atoms with Crippen LogP contribution in [0.25, 0.3) is 0 Å². The summed E-state index contributed by atoms with van der Waals surface area (Å²) in [6, 6.07) is 0. The standard InChI is InChI=1S/C13H17N3O3/c1-13(12(18)19)5-2-8-16(13)11(17)4-3-10-9-14-6-7-15-10/h6-7,9H,2-5,8H2,1H3,(H,18,19)/t13-/m0/s1. The van der Waals surface area contributed by atoms with Gasteiger partial charge in [-0.2, -0.15) is 0 Å². The molecule has 1 amide bonds. The number of carbonyl (C=O) groups excluding carboxylic acids is 1. The molecule has 0 saturated carbocycles. The van der Waals surface area contributed by atoms with E-state index in [1.165, 1.54) is 4.90 Å². The van der Waals surface area contributed by atoms with Gasteiger partial charge in [0.05, 0.1) is 5.69 Å². The van der Waals surface area contributed by atoms with E-state index in [9.17, 15) is 14.7 Å². The van der Waals surface area contributed by atoms with Crippen molar-refractivity contribution in [3.05, 3.63) is 24.3 Å². The Bertz CT molecular complexity index is 477. The summed E-state index contributed by atoms with van der Waals surface area (Å²) in [4.78, 5) is 33.0. The number of hydrogen-bond acceptors (Lipinski definition) is 4. The molecule has 1 aromatic heterocycles. The average molecular weight is 263 g/mol. The number of likely N-dealkylation sites (tertiary alicyclic amines) is 1. The number of aryl methyl sites for hydroxylation is 1. The second-order valence-electron chi connectivity index (χ2n) is 4.92. The minimum absolute atomic E-state index is 0.131. The maximum Gasteiger partial charge on any atom is 0.329 e. The third-order valence-electron chi connectivity index (χ3n) is 3.61. The van der Waals surface area contributed by atoms with Crippen LogP contribution in [0.15, 0.2) is 18.6 Å². The van der Waals surface area contributed by atoms with Crippen molar-refractivity contribution in [2.24, 2.45) is 0 Å². The highest BCUT2D eigenvalue weighted by Gasteiger charge is 2.45. The summed E-state index contributed by atoms with van der Waals surface area (Å²) in [7, 11) is 0. The highest BCUT2D eigenvalue weighted by Crippen LogP contribution is 2.29. The largest absolute Gasteiger partial charge is 0.480 e. The van der Waals surface area contributed by atoms with E-state index < -0.39 is 11.5 Å². The molecule has 1 N–H and O–H groups in total. The van der Waals surface area contributed by atoms with E-state index >= 15 is 0 Å². The molecule has 1 aromatic rings. The monoisotopic (exact) mass is 263 g/mol. The van der Waals surface area contributed by atoms with Crippen molar-refractivity contribution in [3.8, 4) is 0 Å². The van der Waals surface area contributed by atoms with E-state index in [2.05, 4.69) is 9.97 Å². The fourth-order valence-corrected chi connectivity index (χ4v) is 2.41. The van der Waals surface area contributed by atoms with Gasteiger partial charge in [0, 0.05) is 31.6 Å². The third-order valence-corrected chi connectivity index (χ3v) is 3.61. The Morgan fingerprint density at radius 2 is 2.26 bits per heavy atom. The summed E-state index contributed by atoms with van der Waals surface area (Å²) in [5.41, 5.74) is -0.313. The first-order valence-corrected chi connectivity index (χ1v) is 6.33. The molecule has 1 atom stereocenters. The lowest BCUT2D eigenvalue weighted by Gasteiger charge is -2.31. The molecular formula is C13H17N3O3. The molecule has 0 unspecified atom stereocenters. The van der Waals surface area contributed by atoms with Crippen LogP contribution in [-0.4, -0.2) is 43.9 Å². The molecule has 0 spiro atoms. The second-order valence-corrected chi connectivity index (χ2v) is 4.92. The predicted octanol–water partition coefficient (Wildman–Crippen LogP) is 0.875. The number of amides is 1. The second kappa shape index (κ2) is 5.34. The minimum atomic E-state index is -1.06. The molecule has 6 nitrogen and oxygen atoms in total. The zero-order valence-electron chi connectivity index (χ0n) is 10.9. The number of carbonyl (C=O) groups is 2. The van der Waals surface area contributed by atoms with E-state index in [1.807, 2.05) is 0 Å². The van der Waals surface area contributed by atoms with Gasteiger partial charge in [-0.05, 0) is 26.2 Å². The molecule has 102 valence electrons. The Balaban J connectivity index is 1.98. The lowest BCUT2D eigenvalue weighted by Crippen LogP contribution is -2.50. The van der Waals surface area contributed by atoms with Crippen molar-refractivity contribution in [2.75, 3.05) is 6.54 Å². The summed E-state index contributed by atoms with van der Waals surface area (Å²) in [5, 5.41) is 9.26. The number of aromatic nitrogens is 2. The molecule has 1 aliphatic heterocycles. The normalized spacial score (nSPS) is 22.5. The minimum Gasteiger partial charge on any atom is -0.480 e. The number of rotatable bonds is 4. The molecule has 0 aliphatic carbocycles. The van der Waals surface area contributed by atoms with Gasteiger partial charge in [0.1, 0.15) is 5.54 Å². The molecule has 2 rings (SSSR count). The molecule has 1 aliphatic rings. The van der Waals surface area contributed by atoms with Gasteiger partial charge in [0.25, 0.3) is 0 Å². The van der Waals surface area contributed by atoms with Crippen molar-refractivity contribution in [1.29, 1.82) is 0 Å². The molecule has 0 aromatic carbocycles. The first kappa shape index (κ1) is 13.5. The highest BCUT2D eigenvalue weighted by molar-refractivity contribution is 5.87. The van der Waals surface area contributed by atoms with Gasteiger partial charge in [-0.25, -0.2) is 4.79 Å². The number of carboxylic acids is 1. The summed E-state index contributed by atoms with van der Waals surface area (Å²) in [6.07, 6.45) is 6.78. The Kier molecular flexibility index (Phi) is 3.78. The number of nitrogens with zero attached hydrogens (tertiary/aromatic N) is 3. The SMILES string of the molecule is C[C@@]1(C(=O)O)CCCN1C(=O)CCc1cnccn1. The maximum absolute atomic E-state index is 12.2. The summed E-state index contributed by atoms with van der Waals surface area (Å²) >= 11 is 0. The average Bonchev–Trinajstić information content (AvgIpc) is 2.81. The van der Waals surface area contributed by atoms with E-state index in [-0.39, 0.29) is 12.3 Å². The molecular weight excluding hydrogens is 246 g/mol. The van der Waals surface area contributed by atoms with Gasteiger partial charge in [-0.1, -0.05) is 0 Å². The summed E-state index contributed by atoms with van der Waals surface area (Å²) in [5.74, 6) is -1.06. The molecule has 1 saturated heterocycles. The van der Waals surface area contributed by atoms with E-state index in [4.69, 9.17) is 0 Å². The van der Waals surface area contributed by atoms with Crippen LogP contribution in [0.4, 0.5) is 0 Å². The fourth-order valence-electron chi connectivity index (χ4n) is 2.41. The van der Waals surface area contributed by atoms with Gasteiger partial charge >= 0.3 is 5.97 Å². The maximum atomic E-state index is 12.2. The zero-order valence-corrected chi connectivity index (χ0v) is 10.9. The van der Waals surface area contributed by atoms with Gasteiger partial charge in [-0.3, -0.25) is 14.8 Å². The van der Waals surface area contributed by atoms with Crippen molar-refractivity contribution in [2.45, 2.75) is 38.1 Å². The van der Waals surface area contributed by atoms with Crippen LogP contribution in [0, 0.1) is 0 Å². The van der Waals surface area contributed by atoms with Gasteiger partial charge in [-0.15, -0.1) is 0 Å². The van der Waals surface area contributed by atoms with Crippen molar-refractivity contribution >= 4 is 11.9 Å². The quantitative estimate of drug-likeness (QED) is 0.871. The van der Waals surface area contributed by atoms with Crippen LogP contribution >= 0.6 is 0 Å². The third kappa shape index (κ3) is 2.72. The number of carboxylic acid groups (broad SMARTS) is 1. The van der Waals surface area contributed by atoms with Crippen LogP contribution in [-0.2, 0) is 16.0 Å². The van der Waals surface area contributed by atoms with Gasteiger partial charge < -0.3 is 10.0 Å². The van der Waals surface area contributed by atoms with Crippen LogP contribution in [0.3, 0.4) is 0 Å². The summed E-state index contributed by atoms with van der Waals surface area (Å²) in [6.45, 7) is 2.13. The van der Waals surface area contributed by atoms with Crippen LogP contribution in [0.1, 0.15) is 31.9 Å². The fraction of sp³-hybridized carbons (Fsp3) is 0.538. The van der Waals surface area contributed by atoms with Crippen LogP contribution < -0.4 is 0 Å². The van der Waals surface area contributed by atoms with Crippen molar-refractivity contribution in [1.82, 2.24) is 14.9 Å². The first-order valence-electron chi connectivity index (χ1n) is 6.33. The Labute approximate surface area is 111 Å². The molecule has 6 heteroatoms. The number of aliphatic carboxylic acids is 1. The molecule has 0 bridgehead atoms. The van der Waals surface area contributed by atoms with E-state index in [1.54, 1.807) is 25.5 Å². The topological polar surface area (TPSA) is 83.4 Å². The highest BCUT2D eigenvalue weighted by atomic mass is 16.4. The van der Waals surface area contributed by atoms with Crippen molar-refractivity contribution in [3.63, 3.8) is 0 Å². The molecule has 19 heavy (non-hydrogen) atoms. The Hall–Kier alpha value is -1.98. The smallest absolute Gasteiger partial charge is 0.329 e. The van der Waals surface area contributed by atoms with Crippen LogP contribution in [0.5, 0.6) is 0 Å². The Morgan fingerprint density at radius 3 is 2.89 bits per heavy atom. The van der Waals surface area contributed by atoms with Gasteiger partial charge in [0.15, 0.2) is 0 Å². The first-order chi connectivity index (χ1) is 9.04.